The zero-order chi connectivity index (χ0) is 17.8. The van der Waals surface area contributed by atoms with Gasteiger partial charge in [0.15, 0.2) is 22.1 Å². The van der Waals surface area contributed by atoms with Gasteiger partial charge in [-0.05, 0) is 37.1 Å². The highest BCUT2D eigenvalue weighted by atomic mass is 35.5. The number of aryl methyl sites for hydroxylation is 2. The third-order valence-electron chi connectivity index (χ3n) is 3.99. The van der Waals surface area contributed by atoms with E-state index in [2.05, 4.69) is 27.5 Å². The molecule has 2 aromatic heterocycles. The summed E-state index contributed by atoms with van der Waals surface area (Å²) >= 11 is 7.78. The van der Waals surface area contributed by atoms with Crippen LogP contribution in [0.25, 0.3) is 11.2 Å². The molecule has 25 heavy (non-hydrogen) atoms. The van der Waals surface area contributed by atoms with Crippen LogP contribution in [0, 0.1) is 6.92 Å². The van der Waals surface area contributed by atoms with Gasteiger partial charge in [-0.2, -0.15) is 0 Å². The van der Waals surface area contributed by atoms with Crippen molar-refractivity contribution in [2.45, 2.75) is 56.1 Å². The molecule has 0 aliphatic heterocycles. The van der Waals surface area contributed by atoms with Crippen molar-refractivity contribution < 1.29 is 0 Å². The van der Waals surface area contributed by atoms with Gasteiger partial charge in [0.1, 0.15) is 6.33 Å². The maximum absolute atomic E-state index is 6.20. The first-order valence-electron chi connectivity index (χ1n) is 8.50. The monoisotopic (exact) mass is 375 g/mol. The van der Waals surface area contributed by atoms with Crippen LogP contribution < -0.4 is 5.73 Å². The first-order chi connectivity index (χ1) is 12.1. The minimum atomic E-state index is 0.418. The number of nitrogens with zero attached hydrogens (tertiary/aromatic N) is 4. The Balaban J connectivity index is 1.96. The van der Waals surface area contributed by atoms with Crippen molar-refractivity contribution in [3.05, 3.63) is 35.1 Å². The Morgan fingerprint density at radius 1 is 1.16 bits per heavy atom. The van der Waals surface area contributed by atoms with Crippen molar-refractivity contribution in [2.24, 2.45) is 0 Å². The summed E-state index contributed by atoms with van der Waals surface area (Å²) in [5.41, 5.74) is 8.59. The molecular weight excluding hydrogens is 354 g/mol. The maximum Gasteiger partial charge on any atom is 0.175 e. The van der Waals surface area contributed by atoms with Gasteiger partial charge in [-0.3, -0.25) is 0 Å². The van der Waals surface area contributed by atoms with Gasteiger partial charge in [-0.25, -0.2) is 15.0 Å². The minimum Gasteiger partial charge on any atom is -0.382 e. The highest BCUT2D eigenvalue weighted by molar-refractivity contribution is 7.99. The molecule has 0 atom stereocenters. The van der Waals surface area contributed by atoms with Crippen LogP contribution >= 0.6 is 23.4 Å². The number of halogens is 1. The van der Waals surface area contributed by atoms with Crippen LogP contribution in [-0.2, 0) is 6.54 Å². The topological polar surface area (TPSA) is 69.6 Å². The largest absolute Gasteiger partial charge is 0.382 e. The molecule has 0 amide bonds. The minimum absolute atomic E-state index is 0.418. The second-order valence-electron chi connectivity index (χ2n) is 6.10. The van der Waals surface area contributed by atoms with Crippen molar-refractivity contribution in [1.29, 1.82) is 0 Å². The molecule has 0 saturated carbocycles. The molecule has 2 N–H and O–H groups in total. The average Bonchev–Trinajstić information content (AvgIpc) is 2.90. The van der Waals surface area contributed by atoms with Crippen molar-refractivity contribution in [2.75, 3.05) is 5.73 Å². The van der Waals surface area contributed by atoms with Crippen molar-refractivity contribution in [1.82, 2.24) is 19.5 Å². The van der Waals surface area contributed by atoms with Gasteiger partial charge in [-0.15, -0.1) is 0 Å². The predicted octanol–water partition coefficient (Wildman–Crippen LogP) is 5.10. The third kappa shape index (κ3) is 4.25. The SMILES string of the molecule is CCCCCCn1c(Sc2cc(C)cc(Cl)c2)nc2c(N)ncnc21. The Hall–Kier alpha value is -1.79. The lowest BCUT2D eigenvalue weighted by Crippen LogP contribution is -2.02. The number of hydrogen-bond acceptors (Lipinski definition) is 5. The van der Waals surface area contributed by atoms with Gasteiger partial charge in [0.25, 0.3) is 0 Å². The number of hydrogen-bond donors (Lipinski definition) is 1. The summed E-state index contributed by atoms with van der Waals surface area (Å²) in [6, 6.07) is 6.00. The van der Waals surface area contributed by atoms with Gasteiger partial charge in [-0.1, -0.05) is 49.5 Å². The van der Waals surface area contributed by atoms with Crippen molar-refractivity contribution in [3.63, 3.8) is 0 Å². The molecule has 0 fully saturated rings. The summed E-state index contributed by atoms with van der Waals surface area (Å²) in [6.07, 6.45) is 6.23. The van der Waals surface area contributed by atoms with E-state index in [0.29, 0.717) is 11.3 Å². The fourth-order valence-corrected chi connectivity index (χ4v) is 4.20. The number of aromatic nitrogens is 4. The number of nitrogen functional groups attached to an aromatic ring is 1. The van der Waals surface area contributed by atoms with Crippen LogP contribution in [0.4, 0.5) is 5.82 Å². The molecule has 0 saturated heterocycles. The summed E-state index contributed by atoms with van der Waals surface area (Å²) in [6.45, 7) is 5.12. The number of unbranched alkanes of at least 4 members (excludes halogenated alkanes) is 3. The van der Waals surface area contributed by atoms with E-state index in [1.54, 1.807) is 11.8 Å². The fraction of sp³-hybridized carbons (Fsp3) is 0.389. The zero-order valence-corrected chi connectivity index (χ0v) is 16.1. The second-order valence-corrected chi connectivity index (χ2v) is 7.58. The van der Waals surface area contributed by atoms with Gasteiger partial charge in [0.2, 0.25) is 0 Å². The van der Waals surface area contributed by atoms with Gasteiger partial charge in [0, 0.05) is 16.5 Å². The Morgan fingerprint density at radius 2 is 2.00 bits per heavy atom. The van der Waals surface area contributed by atoms with Gasteiger partial charge >= 0.3 is 0 Å². The fourth-order valence-electron chi connectivity index (χ4n) is 2.78. The Kier molecular flexibility index (Phi) is 5.81. The van der Waals surface area contributed by atoms with E-state index in [4.69, 9.17) is 22.3 Å². The molecule has 1 aromatic carbocycles. The standard InChI is InChI=1S/C18H22ClN5S/c1-3-4-5-6-7-24-17-15(16(20)21-11-22-17)23-18(24)25-14-9-12(2)8-13(19)10-14/h8-11H,3-7H2,1-2H3,(H2,20,21,22). The summed E-state index contributed by atoms with van der Waals surface area (Å²) < 4.78 is 2.14. The van der Waals surface area contributed by atoms with Gasteiger partial charge < -0.3 is 10.3 Å². The normalized spacial score (nSPS) is 11.3. The number of rotatable bonds is 7. The summed E-state index contributed by atoms with van der Waals surface area (Å²) in [4.78, 5) is 14.2. The highest BCUT2D eigenvalue weighted by Crippen LogP contribution is 2.33. The number of benzene rings is 1. The molecule has 3 aromatic rings. The number of anilines is 1. The van der Waals surface area contributed by atoms with Crippen LogP contribution in [0.3, 0.4) is 0 Å². The van der Waals surface area contributed by atoms with E-state index in [0.717, 1.165) is 39.3 Å². The number of fused-ring (bicyclic) bond motifs is 1. The zero-order valence-electron chi connectivity index (χ0n) is 14.5. The first-order valence-corrected chi connectivity index (χ1v) is 9.69. The molecule has 132 valence electrons. The average molecular weight is 376 g/mol. The van der Waals surface area contributed by atoms with E-state index in [1.807, 2.05) is 19.1 Å². The van der Waals surface area contributed by atoms with Crippen LogP contribution in [0.5, 0.6) is 0 Å². The van der Waals surface area contributed by atoms with Crippen LogP contribution in [0.1, 0.15) is 38.2 Å². The van der Waals surface area contributed by atoms with E-state index in [-0.39, 0.29) is 0 Å². The van der Waals surface area contributed by atoms with E-state index in [9.17, 15) is 0 Å². The van der Waals surface area contributed by atoms with Crippen LogP contribution in [0.15, 0.2) is 34.6 Å². The van der Waals surface area contributed by atoms with Crippen molar-refractivity contribution >= 4 is 40.3 Å². The highest BCUT2D eigenvalue weighted by Gasteiger charge is 2.16. The lowest BCUT2D eigenvalue weighted by molar-refractivity contribution is 0.561. The predicted molar refractivity (Wildman–Crippen MR) is 104 cm³/mol. The Bertz CT molecular complexity index is 857. The molecule has 7 heteroatoms. The molecule has 0 radical (unpaired) electrons. The molecule has 0 aliphatic carbocycles. The summed E-state index contributed by atoms with van der Waals surface area (Å²) in [5, 5.41) is 1.60. The van der Waals surface area contributed by atoms with Gasteiger partial charge in [0.05, 0.1) is 0 Å². The molecule has 0 spiro atoms. The molecule has 2 heterocycles. The van der Waals surface area contributed by atoms with E-state index >= 15 is 0 Å². The Labute approximate surface area is 157 Å². The number of nitrogens with two attached hydrogens (primary N) is 1. The summed E-state index contributed by atoms with van der Waals surface area (Å²) in [5.74, 6) is 0.418. The van der Waals surface area contributed by atoms with E-state index < -0.39 is 0 Å². The lowest BCUT2D eigenvalue weighted by Gasteiger charge is -2.09. The smallest absolute Gasteiger partial charge is 0.175 e. The summed E-state index contributed by atoms with van der Waals surface area (Å²) in [7, 11) is 0. The van der Waals surface area contributed by atoms with E-state index in [1.165, 1.54) is 25.6 Å². The molecule has 5 nitrogen and oxygen atoms in total. The quantitative estimate of drug-likeness (QED) is 0.581. The lowest BCUT2D eigenvalue weighted by atomic mass is 10.2. The molecule has 0 bridgehead atoms. The molecule has 3 rings (SSSR count). The maximum atomic E-state index is 6.20. The molecule has 0 unspecified atom stereocenters. The second kappa shape index (κ2) is 8.06. The van der Waals surface area contributed by atoms with Crippen molar-refractivity contribution in [3.8, 4) is 0 Å². The first kappa shape index (κ1) is 18.0. The van der Waals surface area contributed by atoms with Crippen LogP contribution in [0.2, 0.25) is 5.02 Å². The third-order valence-corrected chi connectivity index (χ3v) is 5.17. The number of imidazole rings is 1. The molecule has 0 aliphatic rings. The Morgan fingerprint density at radius 3 is 2.76 bits per heavy atom. The van der Waals surface area contributed by atoms with Crippen LogP contribution in [-0.4, -0.2) is 19.5 Å². The molecular formula is C18H22ClN5S.